The van der Waals surface area contributed by atoms with E-state index in [0.717, 1.165) is 36.9 Å². The Kier molecular flexibility index (Phi) is 2.89. The van der Waals surface area contributed by atoms with Gasteiger partial charge in [0.25, 0.3) is 5.56 Å². The Morgan fingerprint density at radius 3 is 2.79 bits per heavy atom. The third-order valence-corrected chi connectivity index (χ3v) is 3.57. The number of aromatic amines is 1. The predicted molar refractivity (Wildman–Crippen MR) is 69.5 cm³/mol. The van der Waals surface area contributed by atoms with Gasteiger partial charge in [0, 0.05) is 17.3 Å². The lowest BCUT2D eigenvalue weighted by Gasteiger charge is -2.07. The fraction of sp³-hybridized carbons (Fsp3) is 0.357. The number of hydrogen-bond acceptors (Lipinski definition) is 2. The first kappa shape index (κ1) is 12.0. The predicted octanol–water partition coefficient (Wildman–Crippen LogP) is 2.19. The number of fused-ring (bicyclic) bond motifs is 1. The fourth-order valence-corrected chi connectivity index (χ4v) is 2.55. The Morgan fingerprint density at radius 1 is 1.32 bits per heavy atom. The van der Waals surface area contributed by atoms with Crippen molar-refractivity contribution in [2.75, 3.05) is 7.11 Å². The third-order valence-electron chi connectivity index (χ3n) is 3.57. The summed E-state index contributed by atoms with van der Waals surface area (Å²) in [4.78, 5) is 12.3. The molecule has 0 bridgehead atoms. The highest BCUT2D eigenvalue weighted by atomic mass is 19.1. The van der Waals surface area contributed by atoms with E-state index in [2.05, 4.69) is 5.10 Å². The minimum Gasteiger partial charge on any atom is -0.497 e. The van der Waals surface area contributed by atoms with Crippen molar-refractivity contribution in [2.45, 2.75) is 25.7 Å². The molecule has 2 aromatic rings. The first-order valence-corrected chi connectivity index (χ1v) is 6.37. The van der Waals surface area contributed by atoms with Crippen molar-refractivity contribution in [1.82, 2.24) is 9.78 Å². The molecule has 0 spiro atoms. The summed E-state index contributed by atoms with van der Waals surface area (Å²) >= 11 is 0. The number of halogens is 1. The van der Waals surface area contributed by atoms with E-state index in [1.807, 2.05) is 0 Å². The summed E-state index contributed by atoms with van der Waals surface area (Å²) in [6.07, 6.45) is 3.72. The van der Waals surface area contributed by atoms with Gasteiger partial charge in [0.2, 0.25) is 0 Å². The van der Waals surface area contributed by atoms with Crippen molar-refractivity contribution in [3.05, 3.63) is 45.6 Å². The van der Waals surface area contributed by atoms with Crippen molar-refractivity contribution in [3.8, 4) is 11.4 Å². The van der Waals surface area contributed by atoms with Gasteiger partial charge >= 0.3 is 0 Å². The van der Waals surface area contributed by atoms with Gasteiger partial charge in [-0.1, -0.05) is 0 Å². The Bertz CT molecular complexity index is 673. The highest BCUT2D eigenvalue weighted by Crippen LogP contribution is 2.21. The van der Waals surface area contributed by atoms with E-state index in [1.165, 1.54) is 17.9 Å². The van der Waals surface area contributed by atoms with Crippen LogP contribution in [-0.2, 0) is 12.8 Å². The molecule has 0 fully saturated rings. The van der Waals surface area contributed by atoms with Crippen LogP contribution in [0.25, 0.3) is 5.69 Å². The molecule has 100 valence electrons. The Morgan fingerprint density at radius 2 is 2.11 bits per heavy atom. The van der Waals surface area contributed by atoms with Crippen LogP contribution in [0.15, 0.2) is 23.0 Å². The maximum absolute atomic E-state index is 14.0. The molecule has 3 rings (SSSR count). The summed E-state index contributed by atoms with van der Waals surface area (Å²) < 4.78 is 20.3. The molecule has 0 atom stereocenters. The van der Waals surface area contributed by atoms with E-state index < -0.39 is 5.82 Å². The average molecular weight is 262 g/mol. The summed E-state index contributed by atoms with van der Waals surface area (Å²) in [5, 5.41) is 3.02. The molecule has 1 aromatic carbocycles. The lowest BCUT2D eigenvalue weighted by Crippen LogP contribution is -2.19. The largest absolute Gasteiger partial charge is 0.497 e. The molecule has 4 nitrogen and oxygen atoms in total. The van der Waals surface area contributed by atoms with Crippen molar-refractivity contribution in [1.29, 1.82) is 0 Å². The van der Waals surface area contributed by atoms with Crippen molar-refractivity contribution in [3.63, 3.8) is 0 Å². The van der Waals surface area contributed by atoms with Gasteiger partial charge in [-0.25, -0.2) is 9.07 Å². The molecule has 0 radical (unpaired) electrons. The number of methoxy groups -OCH3 is 1. The number of nitrogens with one attached hydrogen (secondary N) is 1. The maximum Gasteiger partial charge on any atom is 0.274 e. The van der Waals surface area contributed by atoms with Gasteiger partial charge in [-0.2, -0.15) is 0 Å². The van der Waals surface area contributed by atoms with E-state index >= 15 is 0 Å². The molecular weight excluding hydrogens is 247 g/mol. The molecular formula is C14H15FN2O2. The zero-order chi connectivity index (χ0) is 13.4. The summed E-state index contributed by atoms with van der Waals surface area (Å²) in [5.74, 6) is -0.0364. The molecule has 1 aromatic heterocycles. The molecule has 0 aliphatic heterocycles. The highest BCUT2D eigenvalue weighted by molar-refractivity contribution is 5.39. The molecule has 1 aliphatic rings. The maximum atomic E-state index is 14.0. The SMILES string of the molecule is COc1ccc(-n2[nH]c3c(c2=O)CCCC3)c(F)c1. The Balaban J connectivity index is 2.12. The molecule has 1 heterocycles. The molecule has 0 saturated heterocycles. The van der Waals surface area contributed by atoms with E-state index in [1.54, 1.807) is 12.1 Å². The van der Waals surface area contributed by atoms with Crippen LogP contribution < -0.4 is 10.3 Å². The van der Waals surface area contributed by atoms with Gasteiger partial charge in [0.05, 0.1) is 7.11 Å². The first-order chi connectivity index (χ1) is 9.20. The van der Waals surface area contributed by atoms with Gasteiger partial charge in [0.15, 0.2) is 5.82 Å². The summed E-state index contributed by atoms with van der Waals surface area (Å²) in [6.45, 7) is 0. The van der Waals surface area contributed by atoms with E-state index in [0.29, 0.717) is 5.75 Å². The highest BCUT2D eigenvalue weighted by Gasteiger charge is 2.19. The molecule has 19 heavy (non-hydrogen) atoms. The normalized spacial score (nSPS) is 14.2. The molecule has 1 N–H and O–H groups in total. The zero-order valence-electron chi connectivity index (χ0n) is 10.7. The van der Waals surface area contributed by atoms with E-state index in [-0.39, 0.29) is 11.2 Å². The molecule has 0 amide bonds. The van der Waals surface area contributed by atoms with Crippen LogP contribution >= 0.6 is 0 Å². The molecule has 5 heteroatoms. The van der Waals surface area contributed by atoms with Crippen LogP contribution in [-0.4, -0.2) is 16.9 Å². The fourth-order valence-electron chi connectivity index (χ4n) is 2.55. The summed E-state index contributed by atoms with van der Waals surface area (Å²) in [7, 11) is 1.48. The van der Waals surface area contributed by atoms with Gasteiger partial charge in [-0.15, -0.1) is 0 Å². The second-order valence-corrected chi connectivity index (χ2v) is 4.73. The standard InChI is InChI=1S/C14H15FN2O2/c1-19-9-6-7-13(11(15)8-9)17-14(18)10-4-2-3-5-12(10)16-17/h6-8,16H,2-5H2,1H3. The number of aromatic nitrogens is 2. The minimum atomic E-state index is -0.472. The van der Waals surface area contributed by atoms with Crippen LogP contribution in [0.2, 0.25) is 0 Å². The second-order valence-electron chi connectivity index (χ2n) is 4.73. The summed E-state index contributed by atoms with van der Waals surface area (Å²) in [5.41, 5.74) is 1.83. The van der Waals surface area contributed by atoms with E-state index in [4.69, 9.17) is 4.74 Å². The van der Waals surface area contributed by atoms with Gasteiger partial charge in [-0.05, 0) is 37.8 Å². The average Bonchev–Trinajstić information content (AvgIpc) is 2.76. The number of nitrogens with zero attached hydrogens (tertiary/aromatic N) is 1. The summed E-state index contributed by atoms with van der Waals surface area (Å²) in [6, 6.07) is 4.48. The van der Waals surface area contributed by atoms with Gasteiger partial charge in [-0.3, -0.25) is 9.89 Å². The topological polar surface area (TPSA) is 47.0 Å². The lowest BCUT2D eigenvalue weighted by atomic mass is 9.98. The number of H-pyrrole nitrogens is 1. The second kappa shape index (κ2) is 4.57. The Labute approximate surface area is 109 Å². The smallest absolute Gasteiger partial charge is 0.274 e. The number of aryl methyl sites for hydroxylation is 1. The quantitative estimate of drug-likeness (QED) is 0.901. The number of ether oxygens (including phenoxy) is 1. The zero-order valence-corrected chi connectivity index (χ0v) is 10.7. The third kappa shape index (κ3) is 1.95. The lowest BCUT2D eigenvalue weighted by molar-refractivity contribution is 0.411. The van der Waals surface area contributed by atoms with Crippen molar-refractivity contribution in [2.24, 2.45) is 0 Å². The van der Waals surface area contributed by atoms with Crippen LogP contribution in [0.4, 0.5) is 4.39 Å². The van der Waals surface area contributed by atoms with Crippen molar-refractivity contribution >= 4 is 0 Å². The minimum absolute atomic E-state index is 0.140. The van der Waals surface area contributed by atoms with E-state index in [9.17, 15) is 9.18 Å². The molecule has 1 aliphatic carbocycles. The van der Waals surface area contributed by atoms with Crippen LogP contribution in [0, 0.1) is 5.82 Å². The Hall–Kier alpha value is -2.04. The number of rotatable bonds is 2. The van der Waals surface area contributed by atoms with Gasteiger partial charge < -0.3 is 4.74 Å². The monoisotopic (exact) mass is 262 g/mol. The number of benzene rings is 1. The molecule has 0 saturated carbocycles. The van der Waals surface area contributed by atoms with Crippen LogP contribution in [0.3, 0.4) is 0 Å². The first-order valence-electron chi connectivity index (χ1n) is 6.37. The van der Waals surface area contributed by atoms with Gasteiger partial charge in [0.1, 0.15) is 11.4 Å². The number of hydrogen-bond donors (Lipinski definition) is 1. The van der Waals surface area contributed by atoms with Crippen LogP contribution in [0.5, 0.6) is 5.75 Å². The van der Waals surface area contributed by atoms with Crippen LogP contribution in [0.1, 0.15) is 24.1 Å². The molecule has 0 unspecified atom stereocenters. The van der Waals surface area contributed by atoms with Crippen molar-refractivity contribution < 1.29 is 9.13 Å².